The smallest absolute Gasteiger partial charge is 0.251 e. The summed E-state index contributed by atoms with van der Waals surface area (Å²) >= 11 is 0. The number of amides is 1. The van der Waals surface area contributed by atoms with E-state index in [0.29, 0.717) is 30.1 Å². The fraction of sp³-hybridized carbons (Fsp3) is 0.455. The number of carbonyl (C=O) groups excluding carboxylic acids is 1. The zero-order chi connectivity index (χ0) is 21.3. The quantitative estimate of drug-likeness (QED) is 0.324. The van der Waals surface area contributed by atoms with Crippen LogP contribution in [0.1, 0.15) is 66.4 Å². The minimum absolute atomic E-state index is 0.201. The topological polar surface area (TPSA) is 62.2 Å². The van der Waals surface area contributed by atoms with Crippen LogP contribution in [-0.2, 0) is 4.79 Å². The van der Waals surface area contributed by atoms with Gasteiger partial charge in [0.15, 0.2) is 0 Å². The number of hydrogen-bond donors (Lipinski definition) is 2. The lowest BCUT2D eigenvalue weighted by Gasteiger charge is -2.19. The van der Waals surface area contributed by atoms with Crippen molar-refractivity contribution in [3.8, 4) is 5.75 Å². The summed E-state index contributed by atoms with van der Waals surface area (Å²) in [6.45, 7) is 12.1. The summed E-state index contributed by atoms with van der Waals surface area (Å²) in [5, 5.41) is 11.2. The number of benzene rings is 1. The second-order valence-corrected chi connectivity index (χ2v) is 7.70. The predicted molar refractivity (Wildman–Crippen MR) is 121 cm³/mol. The summed E-state index contributed by atoms with van der Waals surface area (Å²) in [4.78, 5) is 13.8. The van der Waals surface area contributed by atoms with Gasteiger partial charge in [-0.25, -0.2) is 0 Å². The molecule has 0 aliphatic carbocycles. The Balaban J connectivity index is 3.38. The van der Waals surface area contributed by atoms with Crippen molar-refractivity contribution in [2.75, 3.05) is 6.61 Å². The fourth-order valence-corrected chi connectivity index (χ4v) is 3.23. The molecule has 1 rings (SSSR count). The molecule has 2 N–H and O–H groups in total. The van der Waals surface area contributed by atoms with Crippen LogP contribution in [-0.4, -0.2) is 18.2 Å². The van der Waals surface area contributed by atoms with Crippen molar-refractivity contribution in [1.29, 1.82) is 5.41 Å². The molecule has 0 unspecified atom stereocenters. The summed E-state index contributed by atoms with van der Waals surface area (Å²) in [7, 11) is 7.08. The molecule has 154 valence electrons. The van der Waals surface area contributed by atoms with E-state index in [0.717, 1.165) is 51.1 Å². The van der Waals surface area contributed by atoms with Crippen molar-refractivity contribution in [3.63, 3.8) is 0 Å². The second kappa shape index (κ2) is 12.0. The van der Waals surface area contributed by atoms with E-state index in [2.05, 4.69) is 5.32 Å². The maximum Gasteiger partial charge on any atom is 0.251 e. The molecule has 0 saturated carbocycles. The molecule has 1 amide bonds. The van der Waals surface area contributed by atoms with Crippen LogP contribution in [0.3, 0.4) is 0 Å². The molecule has 0 aromatic heterocycles. The molecule has 4 nitrogen and oxygen atoms in total. The molecular weight excluding hydrogens is 392 g/mol. The third-order valence-electron chi connectivity index (χ3n) is 4.66. The van der Waals surface area contributed by atoms with E-state index in [-0.39, 0.29) is 5.91 Å². The summed E-state index contributed by atoms with van der Waals surface area (Å²) in [6, 6.07) is 5.71. The zero-order valence-corrected chi connectivity index (χ0v) is 19.2. The van der Waals surface area contributed by atoms with E-state index in [9.17, 15) is 4.79 Å². The van der Waals surface area contributed by atoms with Gasteiger partial charge >= 0.3 is 0 Å². The lowest BCUT2D eigenvalue weighted by molar-refractivity contribution is -0.116. The van der Waals surface area contributed by atoms with E-state index in [1.807, 2.05) is 52.8 Å². The average molecular weight is 423 g/mol. The van der Waals surface area contributed by atoms with Crippen LogP contribution in [0.2, 0.25) is 0 Å². The molecule has 0 aliphatic heterocycles. The van der Waals surface area contributed by atoms with Crippen molar-refractivity contribution in [3.05, 3.63) is 40.5 Å². The van der Waals surface area contributed by atoms with Crippen LogP contribution in [0, 0.1) is 5.41 Å². The molecule has 1 aromatic carbocycles. The average Bonchev–Trinajstić information content (AvgIpc) is 2.70. The highest BCUT2D eigenvalue weighted by molar-refractivity contribution is 8.21. The van der Waals surface area contributed by atoms with E-state index >= 15 is 0 Å². The standard InChI is InChI=1S/C22H31ClN2O2S/c1-7-10-19(24)15(5)16(6)22(26)25-21(14(4)8-2)18-13-17(28-23)11-12-20(18)27-9-3/h11-13,24H,7-10H2,1-6H3,(H,25,26)/b16-15+,21-14?,24-19?. The molecule has 0 bridgehead atoms. The van der Waals surface area contributed by atoms with Crippen LogP contribution in [0.15, 0.2) is 39.8 Å². The molecule has 1 aromatic rings. The summed E-state index contributed by atoms with van der Waals surface area (Å²) in [5.74, 6) is 0.504. The number of halogens is 1. The monoisotopic (exact) mass is 422 g/mol. The van der Waals surface area contributed by atoms with Crippen LogP contribution in [0.4, 0.5) is 0 Å². The Bertz CT molecular complexity index is 785. The van der Waals surface area contributed by atoms with E-state index < -0.39 is 0 Å². The van der Waals surface area contributed by atoms with Gasteiger partial charge in [0.25, 0.3) is 5.91 Å². The number of rotatable bonds is 10. The molecule has 6 heteroatoms. The molecule has 28 heavy (non-hydrogen) atoms. The first-order valence-corrected chi connectivity index (χ1v) is 11.3. The van der Waals surface area contributed by atoms with Crippen molar-refractivity contribution in [2.24, 2.45) is 0 Å². The Morgan fingerprint density at radius 3 is 2.39 bits per heavy atom. The summed E-state index contributed by atoms with van der Waals surface area (Å²) in [5.41, 5.74) is 4.37. The van der Waals surface area contributed by atoms with Crippen LogP contribution in [0.25, 0.3) is 5.70 Å². The summed E-state index contributed by atoms with van der Waals surface area (Å²) in [6.07, 6.45) is 2.33. The molecule has 0 radical (unpaired) electrons. The van der Waals surface area contributed by atoms with Gasteiger partial charge in [0.2, 0.25) is 0 Å². The van der Waals surface area contributed by atoms with E-state index in [1.54, 1.807) is 6.92 Å². The predicted octanol–water partition coefficient (Wildman–Crippen LogP) is 6.74. The molecular formula is C22H31ClN2O2S. The molecule has 0 spiro atoms. The van der Waals surface area contributed by atoms with Crippen molar-refractivity contribution >= 4 is 39.0 Å². The highest BCUT2D eigenvalue weighted by atomic mass is 35.7. The number of hydrogen-bond acceptors (Lipinski definition) is 4. The van der Waals surface area contributed by atoms with Crippen LogP contribution >= 0.6 is 21.7 Å². The zero-order valence-electron chi connectivity index (χ0n) is 17.7. The fourth-order valence-electron chi connectivity index (χ4n) is 2.66. The Morgan fingerprint density at radius 1 is 1.18 bits per heavy atom. The third kappa shape index (κ3) is 6.42. The number of carbonyl (C=O) groups is 1. The molecule has 0 heterocycles. The van der Waals surface area contributed by atoms with Gasteiger partial charge in [-0.15, -0.1) is 0 Å². The van der Waals surface area contributed by atoms with Gasteiger partial charge in [0.05, 0.1) is 12.3 Å². The molecule has 0 aliphatic rings. The minimum Gasteiger partial charge on any atom is -0.493 e. The summed E-state index contributed by atoms with van der Waals surface area (Å²) < 4.78 is 5.79. The first-order valence-electron chi connectivity index (χ1n) is 9.62. The first-order chi connectivity index (χ1) is 13.3. The second-order valence-electron chi connectivity index (χ2n) is 6.61. The van der Waals surface area contributed by atoms with Gasteiger partial charge in [-0.3, -0.25) is 4.79 Å². The first kappa shape index (κ1) is 24.3. The molecule has 0 fully saturated rings. The van der Waals surface area contributed by atoms with Gasteiger partial charge in [0.1, 0.15) is 5.75 Å². The van der Waals surface area contributed by atoms with Gasteiger partial charge < -0.3 is 15.5 Å². The number of allylic oxidation sites excluding steroid dienone is 2. The maximum absolute atomic E-state index is 12.9. The van der Waals surface area contributed by atoms with Crippen molar-refractivity contribution in [2.45, 2.75) is 65.7 Å². The van der Waals surface area contributed by atoms with Gasteiger partial charge in [-0.05, 0) is 91.5 Å². The Labute approximate surface area is 177 Å². The number of nitrogens with one attached hydrogen (secondary N) is 2. The Morgan fingerprint density at radius 2 is 1.86 bits per heavy atom. The lowest BCUT2D eigenvalue weighted by atomic mass is 10.0. The highest BCUT2D eigenvalue weighted by Crippen LogP contribution is 2.33. The third-order valence-corrected chi connectivity index (χ3v) is 5.63. The van der Waals surface area contributed by atoms with Gasteiger partial charge in [-0.2, -0.15) is 0 Å². The highest BCUT2D eigenvalue weighted by Gasteiger charge is 2.18. The Hall–Kier alpha value is -1.72. The van der Waals surface area contributed by atoms with E-state index in [1.165, 1.54) is 0 Å². The molecule has 0 saturated heterocycles. The van der Waals surface area contributed by atoms with Crippen molar-refractivity contribution < 1.29 is 9.53 Å². The van der Waals surface area contributed by atoms with Gasteiger partial charge in [0, 0.05) is 21.7 Å². The van der Waals surface area contributed by atoms with Gasteiger partial charge in [-0.1, -0.05) is 20.3 Å². The minimum atomic E-state index is -0.201. The van der Waals surface area contributed by atoms with E-state index in [4.69, 9.17) is 20.8 Å². The largest absolute Gasteiger partial charge is 0.493 e. The number of ether oxygens (including phenoxy) is 1. The SMILES string of the molecule is CCCC(=N)/C(C)=C(\C)C(=O)NC(=C(C)CC)c1cc(SCl)ccc1OCC. The maximum atomic E-state index is 12.9. The molecule has 0 atom stereocenters. The van der Waals surface area contributed by atoms with Crippen LogP contribution < -0.4 is 10.1 Å². The van der Waals surface area contributed by atoms with Crippen molar-refractivity contribution in [1.82, 2.24) is 5.32 Å². The normalized spacial score (nSPS) is 12.8. The van der Waals surface area contributed by atoms with Crippen LogP contribution in [0.5, 0.6) is 5.75 Å². The Kier molecular flexibility index (Phi) is 10.4. The lowest BCUT2D eigenvalue weighted by Crippen LogP contribution is -2.25.